The summed E-state index contributed by atoms with van der Waals surface area (Å²) in [6.45, 7) is 12.2. The first-order valence-electron chi connectivity index (χ1n) is 8.38. The van der Waals surface area contributed by atoms with Gasteiger partial charge in [0.1, 0.15) is 0 Å². The van der Waals surface area contributed by atoms with Crippen molar-refractivity contribution in [3.05, 3.63) is 0 Å². The zero-order valence-electron chi connectivity index (χ0n) is 13.3. The number of ether oxygens (including phenoxy) is 1. The van der Waals surface area contributed by atoms with Crippen LogP contribution in [-0.2, 0) is 4.74 Å². The third-order valence-corrected chi connectivity index (χ3v) is 4.05. The Labute approximate surface area is 120 Å². The highest BCUT2D eigenvalue weighted by Crippen LogP contribution is 2.16. The van der Waals surface area contributed by atoms with Crippen LogP contribution in [-0.4, -0.2) is 49.8 Å². The zero-order chi connectivity index (χ0) is 13.9. The molecule has 0 spiro atoms. The van der Waals surface area contributed by atoms with Crippen molar-refractivity contribution in [2.45, 2.75) is 71.4 Å². The predicted octanol–water partition coefficient (Wildman–Crippen LogP) is 3.05. The Bertz CT molecular complexity index is 203. The molecular formula is C16H34N2O. The minimum absolute atomic E-state index is 0.582. The number of hydrogen-bond acceptors (Lipinski definition) is 3. The predicted molar refractivity (Wildman–Crippen MR) is 82.7 cm³/mol. The Hall–Kier alpha value is -0.120. The molecule has 1 aliphatic heterocycles. The molecule has 3 nitrogen and oxygen atoms in total. The lowest BCUT2D eigenvalue weighted by Crippen LogP contribution is -2.56. The minimum Gasteiger partial charge on any atom is -0.380 e. The van der Waals surface area contributed by atoms with Crippen LogP contribution in [0, 0.1) is 0 Å². The molecule has 0 bridgehead atoms. The second kappa shape index (κ2) is 10.6. The lowest BCUT2D eigenvalue weighted by atomic mass is 10.0. The summed E-state index contributed by atoms with van der Waals surface area (Å²) in [5.41, 5.74) is 0. The topological polar surface area (TPSA) is 24.5 Å². The van der Waals surface area contributed by atoms with E-state index >= 15 is 0 Å². The Balaban J connectivity index is 2.54. The largest absolute Gasteiger partial charge is 0.380 e. The van der Waals surface area contributed by atoms with Crippen LogP contribution in [0.3, 0.4) is 0 Å². The van der Waals surface area contributed by atoms with Gasteiger partial charge in [0.25, 0.3) is 0 Å². The van der Waals surface area contributed by atoms with Crippen LogP contribution in [0.5, 0.6) is 0 Å². The van der Waals surface area contributed by atoms with Crippen LogP contribution in [0.15, 0.2) is 0 Å². The maximum atomic E-state index is 5.75. The highest BCUT2D eigenvalue weighted by atomic mass is 16.5. The maximum absolute atomic E-state index is 5.75. The molecule has 1 N–H and O–H groups in total. The van der Waals surface area contributed by atoms with Crippen LogP contribution in [0.2, 0.25) is 0 Å². The van der Waals surface area contributed by atoms with E-state index in [1.807, 2.05) is 0 Å². The first-order chi connectivity index (χ1) is 9.33. The second-order valence-electron chi connectivity index (χ2n) is 5.73. The van der Waals surface area contributed by atoms with Gasteiger partial charge in [-0.25, -0.2) is 0 Å². The number of nitrogens with zero attached hydrogens (tertiary/aromatic N) is 1. The molecule has 0 radical (unpaired) electrons. The average Bonchev–Trinajstić information content (AvgIpc) is 2.46. The molecular weight excluding hydrogens is 236 g/mol. The lowest BCUT2D eigenvalue weighted by Gasteiger charge is -2.40. The molecule has 1 aliphatic rings. The molecule has 19 heavy (non-hydrogen) atoms. The van der Waals surface area contributed by atoms with Gasteiger partial charge in [0.2, 0.25) is 0 Å². The molecule has 0 aliphatic carbocycles. The Morgan fingerprint density at radius 2 is 1.74 bits per heavy atom. The Kier molecular flexibility index (Phi) is 9.48. The normalized spacial score (nSPS) is 24.0. The van der Waals surface area contributed by atoms with E-state index in [1.165, 1.54) is 51.6 Å². The lowest BCUT2D eigenvalue weighted by molar-refractivity contribution is -0.00413. The van der Waals surface area contributed by atoms with E-state index in [4.69, 9.17) is 4.74 Å². The minimum atomic E-state index is 0.582. The van der Waals surface area contributed by atoms with Gasteiger partial charge in [-0.2, -0.15) is 0 Å². The van der Waals surface area contributed by atoms with Crippen LogP contribution < -0.4 is 5.32 Å². The summed E-state index contributed by atoms with van der Waals surface area (Å²) in [7, 11) is 0. The van der Waals surface area contributed by atoms with Gasteiger partial charge in [-0.3, -0.25) is 4.90 Å². The van der Waals surface area contributed by atoms with Gasteiger partial charge < -0.3 is 10.1 Å². The molecule has 2 unspecified atom stereocenters. The molecule has 0 amide bonds. The Morgan fingerprint density at radius 3 is 2.32 bits per heavy atom. The van der Waals surface area contributed by atoms with Crippen molar-refractivity contribution in [2.24, 2.45) is 0 Å². The van der Waals surface area contributed by atoms with Gasteiger partial charge in [0.15, 0.2) is 0 Å². The zero-order valence-corrected chi connectivity index (χ0v) is 13.3. The highest BCUT2D eigenvalue weighted by Gasteiger charge is 2.29. The average molecular weight is 270 g/mol. The first kappa shape index (κ1) is 16.9. The number of nitrogens with one attached hydrogen (secondary N) is 1. The number of unbranched alkanes of at least 4 members (excludes halogenated alkanes) is 2. The van der Waals surface area contributed by atoms with Gasteiger partial charge in [-0.1, -0.05) is 33.6 Å². The quantitative estimate of drug-likeness (QED) is 0.660. The van der Waals surface area contributed by atoms with Crippen molar-refractivity contribution in [2.75, 3.05) is 32.8 Å². The standard InChI is InChI=1S/C16H34N2O/c1-4-7-11-18(12-8-5-2)16-14-19-13-9-15(16)17-10-6-3/h15-17H,4-14H2,1-3H3. The van der Waals surface area contributed by atoms with E-state index in [0.717, 1.165) is 19.8 Å². The van der Waals surface area contributed by atoms with Crippen molar-refractivity contribution in [3.8, 4) is 0 Å². The summed E-state index contributed by atoms with van der Waals surface area (Å²) >= 11 is 0. The summed E-state index contributed by atoms with van der Waals surface area (Å²) in [5, 5.41) is 3.73. The molecule has 3 heteroatoms. The summed E-state index contributed by atoms with van der Waals surface area (Å²) in [6, 6.07) is 1.21. The Morgan fingerprint density at radius 1 is 1.05 bits per heavy atom. The second-order valence-corrected chi connectivity index (χ2v) is 5.73. The van der Waals surface area contributed by atoms with E-state index in [1.54, 1.807) is 0 Å². The summed E-state index contributed by atoms with van der Waals surface area (Å²) in [5.74, 6) is 0. The van der Waals surface area contributed by atoms with Crippen LogP contribution in [0.4, 0.5) is 0 Å². The molecule has 1 heterocycles. The fourth-order valence-electron chi connectivity index (χ4n) is 2.82. The molecule has 1 saturated heterocycles. The van der Waals surface area contributed by atoms with Gasteiger partial charge in [-0.15, -0.1) is 0 Å². The van der Waals surface area contributed by atoms with E-state index < -0.39 is 0 Å². The van der Waals surface area contributed by atoms with Gasteiger partial charge in [-0.05, 0) is 45.3 Å². The molecule has 0 aromatic carbocycles. The first-order valence-corrected chi connectivity index (χ1v) is 8.38. The molecule has 0 saturated carbocycles. The van der Waals surface area contributed by atoms with Crippen LogP contribution in [0.1, 0.15) is 59.3 Å². The summed E-state index contributed by atoms with van der Waals surface area (Å²) in [4.78, 5) is 2.68. The molecule has 1 rings (SSSR count). The van der Waals surface area contributed by atoms with E-state index in [2.05, 4.69) is 31.0 Å². The molecule has 0 aromatic heterocycles. The smallest absolute Gasteiger partial charge is 0.0637 e. The van der Waals surface area contributed by atoms with Crippen molar-refractivity contribution < 1.29 is 4.74 Å². The van der Waals surface area contributed by atoms with Crippen molar-refractivity contribution in [1.82, 2.24) is 10.2 Å². The van der Waals surface area contributed by atoms with Gasteiger partial charge >= 0.3 is 0 Å². The molecule has 1 fully saturated rings. The fraction of sp³-hybridized carbons (Fsp3) is 1.00. The third kappa shape index (κ3) is 6.24. The monoisotopic (exact) mass is 270 g/mol. The van der Waals surface area contributed by atoms with E-state index in [9.17, 15) is 0 Å². The van der Waals surface area contributed by atoms with Crippen molar-refractivity contribution >= 4 is 0 Å². The van der Waals surface area contributed by atoms with Crippen LogP contribution >= 0.6 is 0 Å². The fourth-order valence-corrected chi connectivity index (χ4v) is 2.82. The van der Waals surface area contributed by atoms with Crippen molar-refractivity contribution in [1.29, 1.82) is 0 Å². The summed E-state index contributed by atoms with van der Waals surface area (Å²) in [6.07, 6.45) is 7.56. The maximum Gasteiger partial charge on any atom is 0.0637 e. The van der Waals surface area contributed by atoms with Crippen LogP contribution in [0.25, 0.3) is 0 Å². The molecule has 114 valence electrons. The van der Waals surface area contributed by atoms with Gasteiger partial charge in [0, 0.05) is 18.7 Å². The third-order valence-electron chi connectivity index (χ3n) is 4.05. The highest BCUT2D eigenvalue weighted by molar-refractivity contribution is 4.87. The molecule has 0 aromatic rings. The summed E-state index contributed by atoms with van der Waals surface area (Å²) < 4.78 is 5.75. The van der Waals surface area contributed by atoms with E-state index in [-0.39, 0.29) is 0 Å². The molecule has 2 atom stereocenters. The number of hydrogen-bond donors (Lipinski definition) is 1. The van der Waals surface area contributed by atoms with Crippen molar-refractivity contribution in [3.63, 3.8) is 0 Å². The van der Waals surface area contributed by atoms with Gasteiger partial charge in [0.05, 0.1) is 6.61 Å². The van der Waals surface area contributed by atoms with E-state index in [0.29, 0.717) is 12.1 Å². The number of rotatable bonds is 10. The SMILES string of the molecule is CCCCN(CCCC)C1COCCC1NCCC.